The summed E-state index contributed by atoms with van der Waals surface area (Å²) in [7, 11) is 4.46. The minimum atomic E-state index is -1.10. The molecule has 1 unspecified atom stereocenters. The highest BCUT2D eigenvalue weighted by Gasteiger charge is 2.49. The number of aliphatic hydroxyl groups is 1. The lowest BCUT2D eigenvalue weighted by Gasteiger charge is -2.25. The molecule has 1 aliphatic heterocycles. The van der Waals surface area contributed by atoms with Gasteiger partial charge in [0.05, 0.1) is 37.1 Å². The number of carbonyl (C=O) groups is 2. The van der Waals surface area contributed by atoms with Gasteiger partial charge in [0.25, 0.3) is 5.78 Å². The first-order valence-electron chi connectivity index (χ1n) is 11.1. The van der Waals surface area contributed by atoms with Crippen LogP contribution in [0.25, 0.3) is 16.0 Å². The number of aromatic nitrogens is 1. The van der Waals surface area contributed by atoms with E-state index in [1.165, 1.54) is 42.6 Å². The first-order valence-corrected chi connectivity index (χ1v) is 11.9. The molecule has 1 aliphatic rings. The number of para-hydroxylation sites is 1. The van der Waals surface area contributed by atoms with Crippen molar-refractivity contribution in [3.05, 3.63) is 83.2 Å². The fourth-order valence-corrected chi connectivity index (χ4v) is 5.36. The number of Topliss-reactive ketones (excluding diaryl/α,β-unsaturated/α-hetero) is 1. The van der Waals surface area contributed by atoms with Crippen molar-refractivity contribution in [2.45, 2.75) is 6.04 Å². The molecule has 10 heteroatoms. The van der Waals surface area contributed by atoms with Gasteiger partial charge in [-0.3, -0.25) is 14.5 Å². The standard InChI is InChI=1S/C27H21FN2O6S/c1-34-16-11-12-18-20(13-16)37-27(29-18)30-22(17-5-4-6-19(35-2)25(17)36-3)21(24(32)26(30)33)23(31)14-7-9-15(28)10-8-14/h4-13,22,31H,1-3H3/b23-21+. The number of rotatable bonds is 6. The van der Waals surface area contributed by atoms with E-state index < -0.39 is 29.3 Å². The van der Waals surface area contributed by atoms with Gasteiger partial charge in [-0.25, -0.2) is 9.37 Å². The van der Waals surface area contributed by atoms with Crippen LogP contribution in [-0.2, 0) is 9.59 Å². The third-order valence-electron chi connectivity index (χ3n) is 6.08. The van der Waals surface area contributed by atoms with Crippen molar-refractivity contribution in [2.75, 3.05) is 26.2 Å². The number of ether oxygens (including phenoxy) is 3. The molecule has 1 fully saturated rings. The van der Waals surface area contributed by atoms with Gasteiger partial charge in [-0.2, -0.15) is 0 Å². The van der Waals surface area contributed by atoms with Gasteiger partial charge in [0, 0.05) is 11.1 Å². The molecule has 0 bridgehead atoms. The third-order valence-corrected chi connectivity index (χ3v) is 7.10. The zero-order chi connectivity index (χ0) is 26.3. The largest absolute Gasteiger partial charge is 0.507 e. The highest BCUT2D eigenvalue weighted by atomic mass is 32.1. The molecule has 188 valence electrons. The van der Waals surface area contributed by atoms with Gasteiger partial charge >= 0.3 is 5.91 Å². The van der Waals surface area contributed by atoms with Crippen molar-refractivity contribution in [1.82, 2.24) is 4.98 Å². The van der Waals surface area contributed by atoms with E-state index in [0.717, 1.165) is 16.8 Å². The number of ketones is 1. The first kappa shape index (κ1) is 24.3. The van der Waals surface area contributed by atoms with E-state index in [0.29, 0.717) is 22.6 Å². The Hall–Kier alpha value is -4.44. The predicted octanol–water partition coefficient (Wildman–Crippen LogP) is 5.09. The van der Waals surface area contributed by atoms with Crippen LogP contribution in [0.3, 0.4) is 0 Å². The van der Waals surface area contributed by atoms with Gasteiger partial charge in [0.1, 0.15) is 23.4 Å². The molecule has 37 heavy (non-hydrogen) atoms. The van der Waals surface area contributed by atoms with Crippen LogP contribution >= 0.6 is 11.3 Å². The molecule has 2 heterocycles. The molecule has 1 aromatic heterocycles. The van der Waals surface area contributed by atoms with Crippen molar-refractivity contribution >= 4 is 44.1 Å². The average Bonchev–Trinajstić information content (AvgIpc) is 3.45. The van der Waals surface area contributed by atoms with Gasteiger partial charge in [-0.1, -0.05) is 23.5 Å². The summed E-state index contributed by atoms with van der Waals surface area (Å²) < 4.78 is 30.6. The molecule has 0 radical (unpaired) electrons. The van der Waals surface area contributed by atoms with Gasteiger partial charge in [0.2, 0.25) is 0 Å². The van der Waals surface area contributed by atoms with Crippen LogP contribution in [0.4, 0.5) is 9.52 Å². The summed E-state index contributed by atoms with van der Waals surface area (Å²) in [5.41, 5.74) is 1.01. The second-order valence-corrected chi connectivity index (χ2v) is 9.10. The SMILES string of the molecule is COc1ccc2nc(N3C(=O)C(=O)/C(=C(/O)c4ccc(F)cc4)C3c3cccc(OC)c3OC)sc2c1. The smallest absolute Gasteiger partial charge is 0.301 e. The lowest BCUT2D eigenvalue weighted by molar-refractivity contribution is -0.132. The van der Waals surface area contributed by atoms with Crippen LogP contribution in [0.1, 0.15) is 17.2 Å². The Bertz CT molecular complexity index is 1560. The van der Waals surface area contributed by atoms with Crippen molar-refractivity contribution in [2.24, 2.45) is 0 Å². The van der Waals surface area contributed by atoms with E-state index in [1.54, 1.807) is 43.5 Å². The Balaban J connectivity index is 1.77. The number of aliphatic hydroxyl groups excluding tert-OH is 1. The van der Waals surface area contributed by atoms with E-state index in [4.69, 9.17) is 14.2 Å². The lowest BCUT2D eigenvalue weighted by atomic mass is 9.94. The number of thiazole rings is 1. The number of amides is 1. The number of fused-ring (bicyclic) bond motifs is 1. The number of methoxy groups -OCH3 is 3. The van der Waals surface area contributed by atoms with E-state index in [9.17, 15) is 19.1 Å². The molecule has 4 aromatic rings. The zero-order valence-corrected chi connectivity index (χ0v) is 20.8. The van der Waals surface area contributed by atoms with Crippen LogP contribution in [0.15, 0.2) is 66.2 Å². The number of anilines is 1. The van der Waals surface area contributed by atoms with Crippen molar-refractivity contribution in [1.29, 1.82) is 0 Å². The van der Waals surface area contributed by atoms with Crippen molar-refractivity contribution < 1.29 is 33.3 Å². The molecule has 1 saturated heterocycles. The number of carbonyl (C=O) groups excluding carboxylic acids is 2. The minimum Gasteiger partial charge on any atom is -0.507 e. The molecular formula is C27H21FN2O6S. The van der Waals surface area contributed by atoms with Crippen LogP contribution in [0, 0.1) is 5.82 Å². The van der Waals surface area contributed by atoms with E-state index >= 15 is 0 Å². The quantitative estimate of drug-likeness (QED) is 0.215. The minimum absolute atomic E-state index is 0.181. The maximum absolute atomic E-state index is 13.6. The summed E-state index contributed by atoms with van der Waals surface area (Å²) in [4.78, 5) is 32.7. The summed E-state index contributed by atoms with van der Waals surface area (Å²) in [6, 6.07) is 14.2. The zero-order valence-electron chi connectivity index (χ0n) is 20.0. The summed E-state index contributed by atoms with van der Waals surface area (Å²) in [6.45, 7) is 0. The molecule has 1 atom stereocenters. The normalized spacial score (nSPS) is 16.9. The number of hydrogen-bond acceptors (Lipinski definition) is 8. The summed E-state index contributed by atoms with van der Waals surface area (Å²) in [6.07, 6.45) is 0. The van der Waals surface area contributed by atoms with Crippen LogP contribution in [0.2, 0.25) is 0 Å². The number of nitrogens with zero attached hydrogens (tertiary/aromatic N) is 2. The van der Waals surface area contributed by atoms with Crippen molar-refractivity contribution in [3.63, 3.8) is 0 Å². The average molecular weight is 521 g/mol. The number of benzene rings is 3. The second kappa shape index (κ2) is 9.55. The Morgan fingerprint density at radius 1 is 1.00 bits per heavy atom. The Morgan fingerprint density at radius 2 is 1.76 bits per heavy atom. The van der Waals surface area contributed by atoms with Crippen molar-refractivity contribution in [3.8, 4) is 17.2 Å². The van der Waals surface area contributed by atoms with Gasteiger partial charge < -0.3 is 19.3 Å². The van der Waals surface area contributed by atoms with Crippen LogP contribution in [-0.4, -0.2) is 43.1 Å². The first-order chi connectivity index (χ1) is 17.9. The van der Waals surface area contributed by atoms with Gasteiger partial charge in [-0.05, 0) is 48.5 Å². The monoisotopic (exact) mass is 520 g/mol. The summed E-state index contributed by atoms with van der Waals surface area (Å²) >= 11 is 1.20. The van der Waals surface area contributed by atoms with Crippen LogP contribution < -0.4 is 19.1 Å². The highest BCUT2D eigenvalue weighted by molar-refractivity contribution is 7.22. The Morgan fingerprint density at radius 3 is 2.43 bits per heavy atom. The molecular weight excluding hydrogens is 499 g/mol. The summed E-state index contributed by atoms with van der Waals surface area (Å²) in [5, 5.41) is 11.5. The molecule has 0 aliphatic carbocycles. The van der Waals surface area contributed by atoms with Crippen LogP contribution in [0.5, 0.6) is 17.2 Å². The lowest BCUT2D eigenvalue weighted by Crippen LogP contribution is -2.29. The van der Waals surface area contributed by atoms with Gasteiger partial charge in [0.15, 0.2) is 16.6 Å². The molecule has 0 spiro atoms. The molecule has 8 nitrogen and oxygen atoms in total. The fraction of sp³-hybridized carbons (Fsp3) is 0.148. The van der Waals surface area contributed by atoms with E-state index in [1.807, 2.05) is 0 Å². The van der Waals surface area contributed by atoms with Gasteiger partial charge in [-0.15, -0.1) is 0 Å². The number of halogens is 1. The Kier molecular flexibility index (Phi) is 6.26. The molecule has 0 saturated carbocycles. The molecule has 1 amide bonds. The highest BCUT2D eigenvalue weighted by Crippen LogP contribution is 2.48. The molecule has 1 N–H and O–H groups in total. The maximum atomic E-state index is 13.6. The fourth-order valence-electron chi connectivity index (χ4n) is 4.34. The Labute approximate surface area is 215 Å². The number of hydrogen-bond donors (Lipinski definition) is 1. The maximum Gasteiger partial charge on any atom is 0.301 e. The second-order valence-electron chi connectivity index (χ2n) is 8.09. The summed E-state index contributed by atoms with van der Waals surface area (Å²) in [5.74, 6) is -1.45. The van der Waals surface area contributed by atoms with E-state index in [2.05, 4.69) is 4.98 Å². The topological polar surface area (TPSA) is 98.2 Å². The molecule has 5 rings (SSSR count). The van der Waals surface area contributed by atoms with E-state index in [-0.39, 0.29) is 22.0 Å². The third kappa shape index (κ3) is 4.05. The molecule has 3 aromatic carbocycles. The predicted molar refractivity (Wildman–Crippen MR) is 137 cm³/mol.